The molecule has 13 rings (SSSR count). The minimum absolute atomic E-state index is 0.0399. The lowest BCUT2D eigenvalue weighted by Crippen LogP contribution is -2.69. The predicted molar refractivity (Wildman–Crippen MR) is 381 cm³/mol. The molecular formula is C76H123NO39. The fraction of sp³-hybridized carbons (Fsp3) is 0.947. The number of rotatable bonds is 20. The van der Waals surface area contributed by atoms with Crippen LogP contribution < -0.4 is 5.32 Å². The van der Waals surface area contributed by atoms with E-state index in [9.17, 15) is 112 Å². The van der Waals surface area contributed by atoms with Crippen molar-refractivity contribution < 1.29 is 193 Å². The summed E-state index contributed by atoms with van der Waals surface area (Å²) in [6.45, 7) is 13.2. The molecule has 22 N–H and O–H groups in total. The third-order valence-electron chi connectivity index (χ3n) is 28.7. The van der Waals surface area contributed by atoms with Gasteiger partial charge in [0.05, 0.1) is 64.6 Å². The van der Waals surface area contributed by atoms with Crippen molar-refractivity contribution in [3.63, 3.8) is 0 Å². The van der Waals surface area contributed by atoms with Gasteiger partial charge in [-0.1, -0.05) is 60.1 Å². The second-order valence-electron chi connectivity index (χ2n) is 36.6. The molecule has 0 bridgehead atoms. The summed E-state index contributed by atoms with van der Waals surface area (Å²) in [5.74, 6) is -2.31. The number of aliphatic hydroxyl groups excluding tert-OH is 21. The van der Waals surface area contributed by atoms with Crippen LogP contribution in [0, 0.1) is 50.2 Å². The molecule has 40 heteroatoms. The number of nitrogens with one attached hydrogen (secondary N) is 1. The first kappa shape index (κ1) is 91.0. The van der Waals surface area contributed by atoms with Crippen LogP contribution in [0.1, 0.15) is 120 Å². The van der Waals surface area contributed by atoms with E-state index in [4.69, 9.17) is 75.8 Å². The monoisotopic (exact) mass is 1670 g/mol. The third-order valence-corrected chi connectivity index (χ3v) is 28.7. The Balaban J connectivity index is 0.730. The van der Waals surface area contributed by atoms with Crippen molar-refractivity contribution in [2.75, 3.05) is 46.2 Å². The van der Waals surface area contributed by atoms with Crippen molar-refractivity contribution in [1.29, 1.82) is 0 Å². The van der Waals surface area contributed by atoms with Crippen LogP contribution >= 0.6 is 0 Å². The molecule has 116 heavy (non-hydrogen) atoms. The van der Waals surface area contributed by atoms with Gasteiger partial charge in [-0.2, -0.15) is 0 Å². The average Bonchev–Trinajstić information content (AvgIpc) is 0.669. The maximum Gasteiger partial charge on any atom is 0.317 e. The van der Waals surface area contributed by atoms with Crippen LogP contribution in [0.2, 0.25) is 0 Å². The molecule has 12 fully saturated rings. The van der Waals surface area contributed by atoms with Gasteiger partial charge in [0.25, 0.3) is 0 Å². The molecule has 666 valence electrons. The Bertz CT molecular complexity index is 3370. The number of allylic oxidation sites excluding steroid dienone is 2. The van der Waals surface area contributed by atoms with Crippen LogP contribution in [-0.4, -0.2) is 399 Å². The van der Waals surface area contributed by atoms with Gasteiger partial charge in [0.2, 0.25) is 12.2 Å². The van der Waals surface area contributed by atoms with Crippen molar-refractivity contribution in [2.24, 2.45) is 50.2 Å². The summed E-state index contributed by atoms with van der Waals surface area (Å²) < 4.78 is 96.5. The fourth-order valence-electron chi connectivity index (χ4n) is 21.7. The van der Waals surface area contributed by atoms with Crippen LogP contribution in [0.5, 0.6) is 0 Å². The Hall–Kier alpha value is -2.76. The Morgan fingerprint density at radius 3 is 1.58 bits per heavy atom. The van der Waals surface area contributed by atoms with Crippen LogP contribution in [-0.2, 0) is 85.4 Å². The molecule has 8 heterocycles. The van der Waals surface area contributed by atoms with Crippen molar-refractivity contribution in [3.8, 4) is 0 Å². The molecule has 0 radical (unpaired) electrons. The van der Waals surface area contributed by atoms with Crippen LogP contribution in [0.4, 0.5) is 0 Å². The van der Waals surface area contributed by atoms with E-state index in [1.54, 1.807) is 0 Å². The van der Waals surface area contributed by atoms with Gasteiger partial charge in [0, 0.05) is 6.92 Å². The second-order valence-corrected chi connectivity index (χ2v) is 36.6. The zero-order valence-electron chi connectivity index (χ0n) is 66.3. The average molecular weight is 1670 g/mol. The maximum atomic E-state index is 16.0. The molecule has 1 amide bonds. The maximum absolute atomic E-state index is 16.0. The minimum atomic E-state index is -2.23. The first-order chi connectivity index (χ1) is 54.5. The zero-order chi connectivity index (χ0) is 84.4. The molecule has 0 spiro atoms. The molecule has 0 aromatic rings. The molecule has 2 unspecified atom stereocenters. The standard InChI is InChI=1S/C76H123NO39/c1-27-57(111-65-55(98)58(34(84)25-103-65)112-63-52(95)43(86)31(81)22-101-63)59(113-66-54(97)50(93)46(89)35(20-78)107-66)56(99)67(106-27)115-61-51(94)47(90)36(21-79)108-69(61)116-70(100)76-17-16-71(3,4)18-30(76)29-10-11-39-73(7)14-13-41(72(5,6)38(73)12-15-74(39,8)75(29,9)19-40(76)85)110-62-42(77-28(2)80)49(92)48(91)37(109-62)26-105-68-60(45(88)33(83)24-104-68)114-64-53(96)44(87)32(82)23-102-64/h10,27,30-69,78-79,81-99H,11-26H2,1-9H3,(H,77,80)/t27-,30?,31+,32-,33-,34+,35+,36+,37+,38?,39+,40+,41-,42+,43-,44-,45-,46+,47+,48+,49+,50-,51-,52+,53+,54+,55+,56+,57-,58-,59-,60+,61+,62-,63-,64-,65-,66-,67-,68-,69-,73-,74+,75+,76+/m0/s1. The molecule has 5 aliphatic carbocycles. The van der Waals surface area contributed by atoms with E-state index in [1.807, 2.05) is 0 Å². The van der Waals surface area contributed by atoms with E-state index >= 15 is 4.79 Å². The number of esters is 1. The number of carbonyl (C=O) groups excluding carboxylic acids is 2. The van der Waals surface area contributed by atoms with E-state index in [0.29, 0.717) is 44.9 Å². The van der Waals surface area contributed by atoms with Crippen molar-refractivity contribution in [1.82, 2.24) is 5.32 Å². The van der Waals surface area contributed by atoms with Gasteiger partial charge in [-0.25, -0.2) is 0 Å². The highest BCUT2D eigenvalue weighted by Crippen LogP contribution is 2.76. The van der Waals surface area contributed by atoms with Crippen molar-refractivity contribution in [2.45, 2.75) is 353 Å². The fourth-order valence-corrected chi connectivity index (χ4v) is 21.7. The van der Waals surface area contributed by atoms with E-state index in [2.05, 4.69) is 59.9 Å². The number of fused-ring (bicyclic) bond motifs is 7. The smallest absolute Gasteiger partial charge is 0.317 e. The molecule has 13 aliphatic rings. The zero-order valence-corrected chi connectivity index (χ0v) is 66.3. The molecule has 8 aliphatic heterocycles. The molecule has 45 atom stereocenters. The van der Waals surface area contributed by atoms with Crippen molar-refractivity contribution >= 4 is 11.9 Å². The third kappa shape index (κ3) is 16.4. The van der Waals surface area contributed by atoms with Gasteiger partial charge in [-0.15, -0.1) is 0 Å². The lowest BCUT2D eigenvalue weighted by atomic mass is 9.33. The van der Waals surface area contributed by atoms with E-state index < -0.39 is 330 Å². The quantitative estimate of drug-likeness (QED) is 0.0306. The SMILES string of the molecule is CC(=O)N[C@H]1[C@H](O[C@H]2CC[C@@]3(C)C(CC[C@]4(C)[C@@H]3CC=C3C5CC(C)(C)CC[C@]5(C(=O)O[C@@H]5O[C@H](CO)[C@@H](O)[C@H](O)[C@H]5O[C@@H]5O[C@@H](C)[C@H](O[C@@H]6OC[C@@H](O)[C@H](O[C@@H]7OC[C@@H](O)[C@H](O)[C@H]7O)[C@H]6O)[C@@H](O[C@@H]6O[C@H](CO)[C@@H](O)[C@H](O)[C@H]6O)[C@H]5O)[C@H](O)C[C@]34C)C2(C)C)O[C@H](CO[C@@H]2OC[C@H](O)[C@H](O)[C@H]2O[C@@H]2OC[C@H](O)[C@H](O)[C@H]2O)[C@@H](O)[C@@H]1O. The Kier molecular flexibility index (Phi) is 27.4. The van der Waals surface area contributed by atoms with E-state index in [1.165, 1.54) is 13.8 Å². The highest BCUT2D eigenvalue weighted by Gasteiger charge is 2.73. The van der Waals surface area contributed by atoms with Crippen LogP contribution in [0.25, 0.3) is 0 Å². The van der Waals surface area contributed by atoms with E-state index in [0.717, 1.165) is 5.57 Å². The summed E-state index contributed by atoms with van der Waals surface area (Å²) >= 11 is 0. The van der Waals surface area contributed by atoms with Gasteiger partial charge in [-0.05, 0) is 110 Å². The molecule has 40 nitrogen and oxygen atoms in total. The van der Waals surface area contributed by atoms with Gasteiger partial charge in [0.15, 0.2) is 50.1 Å². The largest absolute Gasteiger partial charge is 0.432 e. The summed E-state index contributed by atoms with van der Waals surface area (Å²) in [7, 11) is 0. The topological polar surface area (TPSA) is 619 Å². The highest BCUT2D eigenvalue weighted by atomic mass is 16.8. The summed E-state index contributed by atoms with van der Waals surface area (Å²) in [6, 6.07) is -1.30. The molecule has 4 saturated carbocycles. The van der Waals surface area contributed by atoms with Gasteiger partial charge in [0.1, 0.15) is 164 Å². The second kappa shape index (κ2) is 35.0. The highest BCUT2D eigenvalue weighted by molar-refractivity contribution is 5.80. The minimum Gasteiger partial charge on any atom is -0.432 e. The first-order valence-corrected chi connectivity index (χ1v) is 40.4. The molecule has 8 saturated heterocycles. The van der Waals surface area contributed by atoms with Gasteiger partial charge < -0.3 is 188 Å². The number of hydrogen-bond donors (Lipinski definition) is 22. The summed E-state index contributed by atoms with van der Waals surface area (Å²) in [4.78, 5) is 28.9. The van der Waals surface area contributed by atoms with Crippen molar-refractivity contribution in [3.05, 3.63) is 11.6 Å². The van der Waals surface area contributed by atoms with Gasteiger partial charge >= 0.3 is 5.97 Å². The lowest BCUT2D eigenvalue weighted by Gasteiger charge is -2.72. The van der Waals surface area contributed by atoms with Crippen LogP contribution in [0.3, 0.4) is 0 Å². The molecule has 0 aromatic carbocycles. The lowest BCUT2D eigenvalue weighted by molar-refractivity contribution is -0.398. The number of hydrogen-bond acceptors (Lipinski definition) is 39. The number of ether oxygens (including phenoxy) is 16. The van der Waals surface area contributed by atoms with Gasteiger partial charge in [-0.3, -0.25) is 9.59 Å². The molecular weight excluding hydrogens is 1550 g/mol. The Morgan fingerprint density at radius 2 is 0.957 bits per heavy atom. The Morgan fingerprint density at radius 1 is 0.457 bits per heavy atom. The van der Waals surface area contributed by atoms with E-state index in [-0.39, 0.29) is 24.7 Å². The predicted octanol–water partition coefficient (Wildman–Crippen LogP) is -8.04. The van der Waals surface area contributed by atoms with Crippen LogP contribution in [0.15, 0.2) is 11.6 Å². The first-order valence-electron chi connectivity index (χ1n) is 40.4. The summed E-state index contributed by atoms with van der Waals surface area (Å²) in [5, 5.41) is 236. The molecule has 0 aromatic heterocycles. The number of aliphatic hydroxyl groups is 21. The normalized spacial score (nSPS) is 53.5. The number of amides is 1. The Labute approximate surface area is 669 Å². The number of carbonyl (C=O) groups is 2. The summed E-state index contributed by atoms with van der Waals surface area (Å²) in [6.07, 6.45) is -57.8. The summed E-state index contributed by atoms with van der Waals surface area (Å²) in [5.41, 5.74) is -3.58.